The average molecular weight is 237 g/mol. The minimum Gasteiger partial charge on any atom is -0.230 e. The lowest BCUT2D eigenvalue weighted by Gasteiger charge is -2.04. The normalized spacial score (nSPS) is 10.3. The molecule has 0 unspecified atom stereocenters. The first-order chi connectivity index (χ1) is 7.31. The fraction of sp³-hybridized carbons (Fsp3) is 0.0909. The standard InChI is InChI=1S/C11H9ClN2S/c1-15-11-13-7-9(12)10(14-11)8-5-3-2-4-6-8/h2-7H,1H3. The first-order valence-electron chi connectivity index (χ1n) is 4.43. The molecule has 2 rings (SSSR count). The van der Waals surface area contributed by atoms with Crippen LogP contribution in [0.5, 0.6) is 0 Å². The SMILES string of the molecule is CSc1ncc(Cl)c(-c2ccccc2)n1. The Balaban J connectivity index is 2.52. The second-order valence-corrected chi connectivity index (χ2v) is 4.10. The lowest BCUT2D eigenvalue weighted by Crippen LogP contribution is -1.90. The van der Waals surface area contributed by atoms with Crippen molar-refractivity contribution in [2.75, 3.05) is 6.26 Å². The molecule has 1 aromatic carbocycles. The minimum absolute atomic E-state index is 0.582. The molecule has 0 aliphatic carbocycles. The molecule has 0 saturated carbocycles. The number of nitrogens with zero attached hydrogens (tertiary/aromatic N) is 2. The van der Waals surface area contributed by atoms with E-state index in [0.29, 0.717) is 5.02 Å². The van der Waals surface area contributed by atoms with Crippen molar-refractivity contribution in [1.82, 2.24) is 9.97 Å². The molecule has 0 N–H and O–H groups in total. The predicted molar refractivity (Wildman–Crippen MR) is 64.3 cm³/mol. The number of thioether (sulfide) groups is 1. The van der Waals surface area contributed by atoms with Crippen LogP contribution in [0.25, 0.3) is 11.3 Å². The molecule has 0 saturated heterocycles. The van der Waals surface area contributed by atoms with Gasteiger partial charge >= 0.3 is 0 Å². The number of rotatable bonds is 2. The summed E-state index contributed by atoms with van der Waals surface area (Å²) in [5.41, 5.74) is 1.80. The lowest BCUT2D eigenvalue weighted by molar-refractivity contribution is 0.976. The van der Waals surface area contributed by atoms with Gasteiger partial charge in [-0.1, -0.05) is 53.7 Å². The van der Waals surface area contributed by atoms with Crippen LogP contribution < -0.4 is 0 Å². The highest BCUT2D eigenvalue weighted by molar-refractivity contribution is 7.98. The zero-order valence-electron chi connectivity index (χ0n) is 8.14. The van der Waals surface area contributed by atoms with Gasteiger partial charge in [-0.05, 0) is 6.26 Å². The van der Waals surface area contributed by atoms with Gasteiger partial charge in [-0.15, -0.1) is 0 Å². The molecular formula is C11H9ClN2S. The van der Waals surface area contributed by atoms with Gasteiger partial charge in [-0.2, -0.15) is 0 Å². The highest BCUT2D eigenvalue weighted by atomic mass is 35.5. The molecule has 0 aliphatic rings. The van der Waals surface area contributed by atoms with Gasteiger partial charge in [-0.3, -0.25) is 0 Å². The fourth-order valence-corrected chi connectivity index (χ4v) is 1.79. The quantitative estimate of drug-likeness (QED) is 0.590. The summed E-state index contributed by atoms with van der Waals surface area (Å²) in [6.07, 6.45) is 3.58. The minimum atomic E-state index is 0.582. The van der Waals surface area contributed by atoms with E-state index in [9.17, 15) is 0 Å². The van der Waals surface area contributed by atoms with Crippen molar-refractivity contribution in [2.24, 2.45) is 0 Å². The van der Waals surface area contributed by atoms with E-state index in [1.165, 1.54) is 11.8 Å². The Morgan fingerprint density at radius 1 is 1.20 bits per heavy atom. The third-order valence-corrected chi connectivity index (χ3v) is 2.79. The van der Waals surface area contributed by atoms with Crippen molar-refractivity contribution in [2.45, 2.75) is 5.16 Å². The summed E-state index contributed by atoms with van der Waals surface area (Å²) in [6, 6.07) is 9.86. The van der Waals surface area contributed by atoms with Crippen LogP contribution in [0.4, 0.5) is 0 Å². The van der Waals surface area contributed by atoms with E-state index in [1.54, 1.807) is 6.20 Å². The van der Waals surface area contributed by atoms with Crippen molar-refractivity contribution in [3.05, 3.63) is 41.6 Å². The van der Waals surface area contributed by atoms with E-state index in [0.717, 1.165) is 16.4 Å². The highest BCUT2D eigenvalue weighted by Crippen LogP contribution is 2.26. The van der Waals surface area contributed by atoms with Crippen molar-refractivity contribution < 1.29 is 0 Å². The molecule has 2 aromatic rings. The largest absolute Gasteiger partial charge is 0.230 e. The topological polar surface area (TPSA) is 25.8 Å². The molecule has 0 amide bonds. The van der Waals surface area contributed by atoms with Crippen LogP contribution in [-0.2, 0) is 0 Å². The summed E-state index contributed by atoms with van der Waals surface area (Å²) in [5, 5.41) is 1.32. The first-order valence-corrected chi connectivity index (χ1v) is 6.03. The van der Waals surface area contributed by atoms with Gasteiger partial charge in [0.15, 0.2) is 5.16 Å². The predicted octanol–water partition coefficient (Wildman–Crippen LogP) is 3.52. The third kappa shape index (κ3) is 2.30. The van der Waals surface area contributed by atoms with E-state index in [2.05, 4.69) is 9.97 Å². The van der Waals surface area contributed by atoms with Crippen molar-refractivity contribution in [1.29, 1.82) is 0 Å². The molecule has 0 atom stereocenters. The second kappa shape index (κ2) is 4.64. The molecule has 15 heavy (non-hydrogen) atoms. The molecule has 4 heteroatoms. The van der Waals surface area contributed by atoms with E-state index in [4.69, 9.17) is 11.6 Å². The average Bonchev–Trinajstić information content (AvgIpc) is 2.31. The molecule has 1 heterocycles. The Kier molecular flexibility index (Phi) is 3.23. The highest BCUT2D eigenvalue weighted by Gasteiger charge is 2.06. The molecule has 0 bridgehead atoms. The first kappa shape index (κ1) is 10.5. The maximum atomic E-state index is 6.05. The van der Waals surface area contributed by atoms with Crippen molar-refractivity contribution in [3.8, 4) is 11.3 Å². The van der Waals surface area contributed by atoms with Gasteiger partial charge in [0.1, 0.15) is 0 Å². The van der Waals surface area contributed by atoms with Crippen LogP contribution in [-0.4, -0.2) is 16.2 Å². The molecule has 0 fully saturated rings. The molecule has 0 spiro atoms. The Morgan fingerprint density at radius 3 is 2.60 bits per heavy atom. The summed E-state index contributed by atoms with van der Waals surface area (Å²) in [6.45, 7) is 0. The van der Waals surface area contributed by atoms with Crippen LogP contribution >= 0.6 is 23.4 Å². The van der Waals surface area contributed by atoms with E-state index < -0.39 is 0 Å². The smallest absolute Gasteiger partial charge is 0.187 e. The summed E-state index contributed by atoms with van der Waals surface area (Å²) in [5.74, 6) is 0. The van der Waals surface area contributed by atoms with Crippen LogP contribution in [0.3, 0.4) is 0 Å². The number of aromatic nitrogens is 2. The maximum Gasteiger partial charge on any atom is 0.187 e. The van der Waals surface area contributed by atoms with E-state index >= 15 is 0 Å². The second-order valence-electron chi connectivity index (χ2n) is 2.92. The van der Waals surface area contributed by atoms with E-state index in [1.807, 2.05) is 36.6 Å². The Hall–Kier alpha value is -1.06. The van der Waals surface area contributed by atoms with Crippen LogP contribution in [0.1, 0.15) is 0 Å². The summed E-state index contributed by atoms with van der Waals surface area (Å²) >= 11 is 7.56. The third-order valence-electron chi connectivity index (χ3n) is 1.95. The van der Waals surface area contributed by atoms with E-state index in [-0.39, 0.29) is 0 Å². The number of benzene rings is 1. The zero-order chi connectivity index (χ0) is 10.7. The van der Waals surface area contributed by atoms with Gasteiger partial charge in [0.25, 0.3) is 0 Å². The zero-order valence-corrected chi connectivity index (χ0v) is 9.72. The molecule has 0 aliphatic heterocycles. The molecule has 1 aromatic heterocycles. The van der Waals surface area contributed by atoms with Gasteiger partial charge in [0.05, 0.1) is 16.9 Å². The number of hydrogen-bond donors (Lipinski definition) is 0. The van der Waals surface area contributed by atoms with Gasteiger partial charge in [-0.25, -0.2) is 9.97 Å². The fourth-order valence-electron chi connectivity index (χ4n) is 1.25. The van der Waals surface area contributed by atoms with Crippen LogP contribution in [0, 0.1) is 0 Å². The molecular weight excluding hydrogens is 228 g/mol. The van der Waals surface area contributed by atoms with Gasteiger partial charge < -0.3 is 0 Å². The Morgan fingerprint density at radius 2 is 1.93 bits per heavy atom. The van der Waals surface area contributed by atoms with Crippen LogP contribution in [0.15, 0.2) is 41.7 Å². The van der Waals surface area contributed by atoms with Gasteiger partial charge in [0.2, 0.25) is 0 Å². The number of hydrogen-bond acceptors (Lipinski definition) is 3. The molecule has 2 nitrogen and oxygen atoms in total. The van der Waals surface area contributed by atoms with Crippen LogP contribution in [0.2, 0.25) is 5.02 Å². The van der Waals surface area contributed by atoms with Gasteiger partial charge in [0, 0.05) is 5.56 Å². The Labute approximate surface area is 97.7 Å². The molecule has 0 radical (unpaired) electrons. The number of halogens is 1. The summed E-state index contributed by atoms with van der Waals surface area (Å²) < 4.78 is 0. The lowest BCUT2D eigenvalue weighted by atomic mass is 10.1. The summed E-state index contributed by atoms with van der Waals surface area (Å²) in [7, 11) is 0. The summed E-state index contributed by atoms with van der Waals surface area (Å²) in [4.78, 5) is 8.48. The maximum absolute atomic E-state index is 6.05. The molecule has 76 valence electrons. The van der Waals surface area contributed by atoms with Crippen molar-refractivity contribution in [3.63, 3.8) is 0 Å². The Bertz CT molecular complexity index is 459. The van der Waals surface area contributed by atoms with Crippen molar-refractivity contribution >= 4 is 23.4 Å². The monoisotopic (exact) mass is 236 g/mol.